The summed E-state index contributed by atoms with van der Waals surface area (Å²) in [7, 11) is -3.12. The molecular formula is C19H23N5O3S2. The van der Waals surface area contributed by atoms with Crippen LogP contribution in [0, 0.1) is 13.8 Å². The Kier molecular flexibility index (Phi) is 4.34. The van der Waals surface area contributed by atoms with Gasteiger partial charge in [-0.05, 0) is 50.3 Å². The lowest BCUT2D eigenvalue weighted by molar-refractivity contribution is 0.469. The average Bonchev–Trinajstić information content (AvgIpc) is 3.12. The lowest BCUT2D eigenvalue weighted by Crippen LogP contribution is -2.33. The van der Waals surface area contributed by atoms with Crippen LogP contribution in [0.1, 0.15) is 30.4 Å². The molecule has 5 rings (SSSR count). The fourth-order valence-corrected chi connectivity index (χ4v) is 6.76. The molecule has 2 fully saturated rings. The number of aryl methyl sites for hydroxylation is 2. The molecule has 3 heterocycles. The number of phenols is 1. The van der Waals surface area contributed by atoms with Gasteiger partial charge in [0, 0.05) is 19.1 Å². The number of aromatic hydroxyl groups is 1. The van der Waals surface area contributed by atoms with Crippen LogP contribution in [0.15, 0.2) is 18.3 Å². The van der Waals surface area contributed by atoms with Crippen LogP contribution in [-0.2, 0) is 10.0 Å². The van der Waals surface area contributed by atoms with Crippen molar-refractivity contribution in [2.45, 2.75) is 44.4 Å². The minimum Gasteiger partial charge on any atom is -0.506 e. The van der Waals surface area contributed by atoms with Crippen molar-refractivity contribution < 1.29 is 13.5 Å². The summed E-state index contributed by atoms with van der Waals surface area (Å²) in [6.07, 6.45) is 4.23. The molecular weight excluding hydrogens is 410 g/mol. The van der Waals surface area contributed by atoms with Crippen molar-refractivity contribution in [3.8, 4) is 11.4 Å². The topological polar surface area (TPSA) is 100 Å². The van der Waals surface area contributed by atoms with Gasteiger partial charge in [-0.1, -0.05) is 17.4 Å². The van der Waals surface area contributed by atoms with Crippen molar-refractivity contribution in [1.82, 2.24) is 19.1 Å². The highest BCUT2D eigenvalue weighted by Crippen LogP contribution is 2.34. The van der Waals surface area contributed by atoms with Crippen molar-refractivity contribution in [3.63, 3.8) is 0 Å². The molecule has 1 saturated carbocycles. The Morgan fingerprint density at radius 1 is 1.24 bits per heavy atom. The molecule has 2 N–H and O–H groups in total. The minimum atomic E-state index is -3.12. The first-order valence-corrected chi connectivity index (χ1v) is 12.1. The monoisotopic (exact) mass is 433 g/mol. The first-order valence-electron chi connectivity index (χ1n) is 9.73. The number of aromatic nitrogens is 3. The van der Waals surface area contributed by atoms with Gasteiger partial charge in [-0.15, -0.1) is 5.10 Å². The van der Waals surface area contributed by atoms with E-state index >= 15 is 0 Å². The van der Waals surface area contributed by atoms with Gasteiger partial charge >= 0.3 is 0 Å². The number of nitrogens with one attached hydrogen (secondary N) is 1. The lowest BCUT2D eigenvalue weighted by Gasteiger charge is -2.16. The summed E-state index contributed by atoms with van der Waals surface area (Å²) < 4.78 is 29.0. The van der Waals surface area contributed by atoms with Gasteiger partial charge in [-0.2, -0.15) is 9.29 Å². The third-order valence-corrected chi connectivity index (χ3v) is 8.79. The SMILES string of the molecule is Cc1cc(C)c(-n2cc3sc(NC4CCN(S(=O)(=O)C5CC5)C4)nc3n2)c(O)c1. The van der Waals surface area contributed by atoms with Gasteiger partial charge in [0.05, 0.1) is 16.1 Å². The molecule has 1 saturated heterocycles. The van der Waals surface area contributed by atoms with E-state index in [1.165, 1.54) is 11.3 Å². The molecule has 3 aromatic rings. The zero-order chi connectivity index (χ0) is 20.3. The molecule has 10 heteroatoms. The van der Waals surface area contributed by atoms with Crippen molar-refractivity contribution >= 4 is 36.8 Å². The van der Waals surface area contributed by atoms with Crippen LogP contribution in [0.2, 0.25) is 0 Å². The lowest BCUT2D eigenvalue weighted by atomic mass is 10.1. The Hall–Kier alpha value is -2.17. The van der Waals surface area contributed by atoms with Gasteiger partial charge < -0.3 is 10.4 Å². The number of fused-ring (bicyclic) bond motifs is 1. The molecule has 0 bridgehead atoms. The van der Waals surface area contributed by atoms with E-state index in [0.29, 0.717) is 24.4 Å². The van der Waals surface area contributed by atoms with Gasteiger partial charge in [-0.3, -0.25) is 0 Å². The van der Waals surface area contributed by atoms with Crippen molar-refractivity contribution in [2.24, 2.45) is 0 Å². The largest absolute Gasteiger partial charge is 0.506 e. The number of hydrogen-bond donors (Lipinski definition) is 2. The first kappa shape index (κ1) is 18.8. The maximum Gasteiger partial charge on any atom is 0.217 e. The molecule has 1 unspecified atom stereocenters. The molecule has 0 radical (unpaired) electrons. The molecule has 8 nitrogen and oxygen atoms in total. The van der Waals surface area contributed by atoms with Crippen molar-refractivity contribution in [2.75, 3.05) is 18.4 Å². The number of thiazole rings is 1. The number of sulfonamides is 1. The number of benzene rings is 1. The standard InChI is InChI=1S/C19H23N5O3S2/c1-11-7-12(2)17(15(25)8-11)24-10-16-18(22-24)21-19(28-16)20-13-5-6-23(9-13)29(26,27)14-3-4-14/h7-8,10,13-14,25H,3-6,9H2,1-2H3,(H,20,21,22). The summed E-state index contributed by atoms with van der Waals surface area (Å²) in [6, 6.07) is 3.79. The molecule has 1 aromatic carbocycles. The summed E-state index contributed by atoms with van der Waals surface area (Å²) in [4.78, 5) is 4.56. The van der Waals surface area contributed by atoms with E-state index in [-0.39, 0.29) is 17.0 Å². The van der Waals surface area contributed by atoms with Gasteiger partial charge in [0.1, 0.15) is 11.4 Å². The van der Waals surface area contributed by atoms with Crippen LogP contribution in [0.5, 0.6) is 5.75 Å². The van der Waals surface area contributed by atoms with E-state index < -0.39 is 10.0 Å². The molecule has 154 valence electrons. The second-order valence-electron chi connectivity index (χ2n) is 7.96. The van der Waals surface area contributed by atoms with E-state index in [4.69, 9.17) is 0 Å². The number of phenolic OH excluding ortho intramolecular Hbond substituents is 1. The van der Waals surface area contributed by atoms with Gasteiger partial charge in [0.2, 0.25) is 10.0 Å². The third-order valence-electron chi connectivity index (χ3n) is 5.51. The molecule has 0 spiro atoms. The predicted octanol–water partition coefficient (Wildman–Crippen LogP) is 2.78. The summed E-state index contributed by atoms with van der Waals surface area (Å²) in [5.74, 6) is 0.193. The fourth-order valence-electron chi connectivity index (χ4n) is 3.96. The van der Waals surface area contributed by atoms with Gasteiger partial charge in [0.25, 0.3) is 0 Å². The molecule has 1 aliphatic carbocycles. The minimum absolute atomic E-state index is 0.0642. The number of rotatable bonds is 5. The van der Waals surface area contributed by atoms with E-state index in [0.717, 1.165) is 40.2 Å². The zero-order valence-electron chi connectivity index (χ0n) is 16.3. The molecule has 2 aliphatic rings. The first-order chi connectivity index (χ1) is 13.8. The highest BCUT2D eigenvalue weighted by atomic mass is 32.2. The van der Waals surface area contributed by atoms with Crippen LogP contribution in [0.25, 0.3) is 16.0 Å². The maximum absolute atomic E-state index is 12.4. The van der Waals surface area contributed by atoms with Gasteiger partial charge in [0.15, 0.2) is 10.8 Å². The Morgan fingerprint density at radius 2 is 2.03 bits per heavy atom. The van der Waals surface area contributed by atoms with Crippen molar-refractivity contribution in [3.05, 3.63) is 29.5 Å². The smallest absolute Gasteiger partial charge is 0.217 e. The quantitative estimate of drug-likeness (QED) is 0.642. The zero-order valence-corrected chi connectivity index (χ0v) is 17.9. The van der Waals surface area contributed by atoms with Crippen LogP contribution < -0.4 is 5.32 Å². The molecule has 0 amide bonds. The molecule has 2 aromatic heterocycles. The van der Waals surface area contributed by atoms with E-state index in [2.05, 4.69) is 15.4 Å². The van der Waals surface area contributed by atoms with Crippen LogP contribution >= 0.6 is 11.3 Å². The van der Waals surface area contributed by atoms with Crippen LogP contribution in [0.3, 0.4) is 0 Å². The average molecular weight is 434 g/mol. The Labute approximate surface area is 173 Å². The maximum atomic E-state index is 12.4. The molecule has 1 aliphatic heterocycles. The second kappa shape index (κ2) is 6.68. The van der Waals surface area contributed by atoms with Gasteiger partial charge in [-0.25, -0.2) is 13.1 Å². The molecule has 29 heavy (non-hydrogen) atoms. The Morgan fingerprint density at radius 3 is 2.72 bits per heavy atom. The number of nitrogens with zero attached hydrogens (tertiary/aromatic N) is 4. The van der Waals surface area contributed by atoms with E-state index in [1.54, 1.807) is 15.1 Å². The summed E-state index contributed by atoms with van der Waals surface area (Å²) in [6.45, 7) is 4.95. The normalized spacial score (nSPS) is 20.6. The second-order valence-corrected chi connectivity index (χ2v) is 11.2. The van der Waals surface area contributed by atoms with Crippen molar-refractivity contribution in [1.29, 1.82) is 0 Å². The molecule has 1 atom stereocenters. The van der Waals surface area contributed by atoms with Crippen LogP contribution in [0.4, 0.5) is 5.13 Å². The number of hydrogen-bond acceptors (Lipinski definition) is 7. The Balaban J connectivity index is 1.33. The van der Waals surface area contributed by atoms with E-state index in [9.17, 15) is 13.5 Å². The number of anilines is 1. The fraction of sp³-hybridized carbons (Fsp3) is 0.474. The summed E-state index contributed by atoms with van der Waals surface area (Å²) in [5.41, 5.74) is 3.21. The summed E-state index contributed by atoms with van der Waals surface area (Å²) >= 11 is 1.49. The van der Waals surface area contributed by atoms with Crippen LogP contribution in [-0.4, -0.2) is 57.0 Å². The predicted molar refractivity (Wildman–Crippen MR) is 113 cm³/mol. The summed E-state index contributed by atoms with van der Waals surface area (Å²) in [5, 5.41) is 18.8. The third kappa shape index (κ3) is 3.38. The highest BCUT2D eigenvalue weighted by Gasteiger charge is 2.42. The van der Waals surface area contributed by atoms with E-state index in [1.807, 2.05) is 26.1 Å². The Bertz CT molecular complexity index is 1140. The highest BCUT2D eigenvalue weighted by molar-refractivity contribution is 7.90.